The molecule has 1 aromatic heterocycles. The smallest absolute Gasteiger partial charge is 0.169 e. The molecule has 0 radical (unpaired) electrons. The third-order valence-corrected chi connectivity index (χ3v) is 4.17. The van der Waals surface area contributed by atoms with Crippen molar-refractivity contribution in [1.29, 1.82) is 5.26 Å². The van der Waals surface area contributed by atoms with Crippen LogP contribution in [0.5, 0.6) is 0 Å². The van der Waals surface area contributed by atoms with Crippen molar-refractivity contribution >= 4 is 5.82 Å². The number of nitrogens with zero attached hydrogens (tertiary/aromatic N) is 4. The first-order valence-electron chi connectivity index (χ1n) is 7.08. The lowest BCUT2D eigenvalue weighted by Gasteiger charge is -2.28. The summed E-state index contributed by atoms with van der Waals surface area (Å²) < 4.78 is 0. The minimum absolute atomic E-state index is 0.672. The minimum Gasteiger partial charge on any atom is -0.357 e. The molecular formula is C15H22N4. The third-order valence-electron chi connectivity index (χ3n) is 4.17. The molecule has 1 aliphatic carbocycles. The van der Waals surface area contributed by atoms with Gasteiger partial charge in [0.05, 0.1) is 5.69 Å². The van der Waals surface area contributed by atoms with E-state index in [1.54, 1.807) is 0 Å². The second-order valence-corrected chi connectivity index (χ2v) is 5.61. The van der Waals surface area contributed by atoms with Crippen LogP contribution in [-0.2, 0) is 0 Å². The molecule has 4 heteroatoms. The molecule has 0 atom stereocenters. The van der Waals surface area contributed by atoms with Crippen LogP contribution in [0.25, 0.3) is 0 Å². The summed E-state index contributed by atoms with van der Waals surface area (Å²) in [6.45, 7) is 4.82. The van der Waals surface area contributed by atoms with E-state index < -0.39 is 0 Å². The highest BCUT2D eigenvalue weighted by atomic mass is 15.2. The van der Waals surface area contributed by atoms with Crippen LogP contribution in [0.4, 0.5) is 5.82 Å². The fourth-order valence-electron chi connectivity index (χ4n) is 2.84. The second-order valence-electron chi connectivity index (χ2n) is 5.61. The maximum absolute atomic E-state index is 9.33. The van der Waals surface area contributed by atoms with E-state index in [1.165, 1.54) is 32.1 Å². The van der Waals surface area contributed by atoms with Gasteiger partial charge in [-0.05, 0) is 38.2 Å². The van der Waals surface area contributed by atoms with Crippen molar-refractivity contribution < 1.29 is 0 Å². The molecule has 1 heterocycles. The van der Waals surface area contributed by atoms with E-state index in [4.69, 9.17) is 0 Å². The molecule has 2 rings (SSSR count). The summed E-state index contributed by atoms with van der Waals surface area (Å²) >= 11 is 0. The SMILES string of the molecule is Cc1nnc(N(C)CC2CCCCC2)c(C#N)c1C. The van der Waals surface area contributed by atoms with Crippen LogP contribution >= 0.6 is 0 Å². The van der Waals surface area contributed by atoms with Gasteiger partial charge in [0.2, 0.25) is 0 Å². The summed E-state index contributed by atoms with van der Waals surface area (Å²) in [6, 6.07) is 2.28. The highest BCUT2D eigenvalue weighted by molar-refractivity contribution is 5.57. The maximum atomic E-state index is 9.33. The lowest BCUT2D eigenvalue weighted by Crippen LogP contribution is -2.28. The molecule has 0 aromatic carbocycles. The third kappa shape index (κ3) is 3.04. The Labute approximate surface area is 115 Å². The zero-order valence-electron chi connectivity index (χ0n) is 12.1. The van der Waals surface area contributed by atoms with Gasteiger partial charge in [0.15, 0.2) is 5.82 Å². The van der Waals surface area contributed by atoms with E-state index in [0.29, 0.717) is 5.56 Å². The van der Waals surface area contributed by atoms with Gasteiger partial charge in [-0.15, -0.1) is 5.10 Å². The molecule has 19 heavy (non-hydrogen) atoms. The standard InChI is InChI=1S/C15H22N4/c1-11-12(2)17-18-15(14(11)9-16)19(3)10-13-7-5-4-6-8-13/h13H,4-8,10H2,1-3H3. The van der Waals surface area contributed by atoms with Gasteiger partial charge in [-0.2, -0.15) is 10.4 Å². The van der Waals surface area contributed by atoms with Crippen LogP contribution in [0.15, 0.2) is 0 Å². The van der Waals surface area contributed by atoms with E-state index in [9.17, 15) is 5.26 Å². The normalized spacial score (nSPS) is 16.1. The van der Waals surface area contributed by atoms with Gasteiger partial charge in [-0.25, -0.2) is 0 Å². The summed E-state index contributed by atoms with van der Waals surface area (Å²) in [7, 11) is 2.02. The van der Waals surface area contributed by atoms with Crippen LogP contribution in [0.2, 0.25) is 0 Å². The van der Waals surface area contributed by atoms with Crippen LogP contribution in [0.1, 0.15) is 48.9 Å². The van der Waals surface area contributed by atoms with Crippen molar-refractivity contribution in [2.24, 2.45) is 5.92 Å². The predicted molar refractivity (Wildman–Crippen MR) is 76.1 cm³/mol. The first-order valence-corrected chi connectivity index (χ1v) is 7.08. The number of nitriles is 1. The Morgan fingerprint density at radius 2 is 1.89 bits per heavy atom. The largest absolute Gasteiger partial charge is 0.357 e. The fourth-order valence-corrected chi connectivity index (χ4v) is 2.84. The van der Waals surface area contributed by atoms with Crippen molar-refractivity contribution in [2.75, 3.05) is 18.5 Å². The summed E-state index contributed by atoms with van der Waals surface area (Å²) in [5, 5.41) is 17.7. The number of hydrogen-bond donors (Lipinski definition) is 0. The molecule has 1 aliphatic rings. The quantitative estimate of drug-likeness (QED) is 0.836. The fraction of sp³-hybridized carbons (Fsp3) is 0.667. The molecule has 0 bridgehead atoms. The Morgan fingerprint density at radius 1 is 1.21 bits per heavy atom. The Hall–Kier alpha value is -1.63. The molecule has 0 unspecified atom stereocenters. The Balaban J connectivity index is 2.16. The van der Waals surface area contributed by atoms with Crippen LogP contribution in [-0.4, -0.2) is 23.8 Å². The molecule has 102 valence electrons. The zero-order valence-corrected chi connectivity index (χ0v) is 12.1. The topological polar surface area (TPSA) is 52.8 Å². The average molecular weight is 258 g/mol. The van der Waals surface area contributed by atoms with Gasteiger partial charge in [0.1, 0.15) is 11.6 Å². The van der Waals surface area contributed by atoms with E-state index in [-0.39, 0.29) is 0 Å². The first kappa shape index (κ1) is 13.8. The van der Waals surface area contributed by atoms with Gasteiger partial charge in [0, 0.05) is 13.6 Å². The molecular weight excluding hydrogens is 236 g/mol. The van der Waals surface area contributed by atoms with E-state index in [1.807, 2.05) is 20.9 Å². The molecule has 1 saturated carbocycles. The van der Waals surface area contributed by atoms with Crippen molar-refractivity contribution in [2.45, 2.75) is 46.0 Å². The second kappa shape index (κ2) is 6.01. The summed E-state index contributed by atoms with van der Waals surface area (Å²) in [5.74, 6) is 1.46. The van der Waals surface area contributed by atoms with Gasteiger partial charge in [0.25, 0.3) is 0 Å². The minimum atomic E-state index is 0.672. The highest BCUT2D eigenvalue weighted by Crippen LogP contribution is 2.27. The molecule has 0 amide bonds. The van der Waals surface area contributed by atoms with Crippen molar-refractivity contribution in [3.8, 4) is 6.07 Å². The Bertz CT molecular complexity index is 484. The molecule has 0 N–H and O–H groups in total. The first-order chi connectivity index (χ1) is 9.13. The monoisotopic (exact) mass is 258 g/mol. The number of aromatic nitrogens is 2. The molecule has 0 spiro atoms. The Morgan fingerprint density at radius 3 is 2.53 bits per heavy atom. The van der Waals surface area contributed by atoms with Gasteiger partial charge < -0.3 is 4.90 Å². The molecule has 0 saturated heterocycles. The lowest BCUT2D eigenvalue weighted by atomic mass is 9.89. The number of aryl methyl sites for hydroxylation is 1. The van der Waals surface area contributed by atoms with Gasteiger partial charge >= 0.3 is 0 Å². The number of hydrogen-bond acceptors (Lipinski definition) is 4. The number of rotatable bonds is 3. The average Bonchev–Trinajstić information content (AvgIpc) is 2.42. The highest BCUT2D eigenvalue weighted by Gasteiger charge is 2.19. The van der Waals surface area contributed by atoms with Crippen LogP contribution in [0.3, 0.4) is 0 Å². The molecule has 1 fully saturated rings. The van der Waals surface area contributed by atoms with Crippen molar-refractivity contribution in [3.63, 3.8) is 0 Å². The van der Waals surface area contributed by atoms with E-state index in [0.717, 1.165) is 29.5 Å². The summed E-state index contributed by atoms with van der Waals surface area (Å²) in [5.41, 5.74) is 2.46. The predicted octanol–water partition coefficient (Wildman–Crippen LogP) is 2.98. The van der Waals surface area contributed by atoms with Crippen molar-refractivity contribution in [1.82, 2.24) is 10.2 Å². The zero-order chi connectivity index (χ0) is 13.8. The number of anilines is 1. The Kier molecular flexibility index (Phi) is 4.36. The maximum Gasteiger partial charge on any atom is 0.169 e. The van der Waals surface area contributed by atoms with Crippen LogP contribution < -0.4 is 4.90 Å². The van der Waals surface area contributed by atoms with Crippen molar-refractivity contribution in [3.05, 3.63) is 16.8 Å². The molecule has 0 aliphatic heterocycles. The van der Waals surface area contributed by atoms with E-state index >= 15 is 0 Å². The van der Waals surface area contributed by atoms with Gasteiger partial charge in [-0.3, -0.25) is 0 Å². The van der Waals surface area contributed by atoms with Crippen LogP contribution in [0, 0.1) is 31.1 Å². The summed E-state index contributed by atoms with van der Waals surface area (Å²) in [6.07, 6.45) is 6.63. The summed E-state index contributed by atoms with van der Waals surface area (Å²) in [4.78, 5) is 2.11. The lowest BCUT2D eigenvalue weighted by molar-refractivity contribution is 0.361. The van der Waals surface area contributed by atoms with E-state index in [2.05, 4.69) is 21.2 Å². The van der Waals surface area contributed by atoms with Gasteiger partial charge in [-0.1, -0.05) is 19.3 Å². The molecule has 1 aromatic rings. The molecule has 4 nitrogen and oxygen atoms in total.